The van der Waals surface area contributed by atoms with Crippen molar-refractivity contribution < 1.29 is 9.26 Å². The summed E-state index contributed by atoms with van der Waals surface area (Å²) in [6, 6.07) is 1.98. The van der Waals surface area contributed by atoms with E-state index in [-0.39, 0.29) is 0 Å². The van der Waals surface area contributed by atoms with Gasteiger partial charge in [0.1, 0.15) is 6.61 Å². The highest BCUT2D eigenvalue weighted by Gasteiger charge is 2.19. The largest absolute Gasteiger partial charge is 0.370 e. The van der Waals surface area contributed by atoms with Crippen LogP contribution in [0.2, 0.25) is 0 Å². The predicted octanol–water partition coefficient (Wildman–Crippen LogP) is 2.88. The van der Waals surface area contributed by atoms with E-state index in [4.69, 9.17) is 9.26 Å². The Morgan fingerprint density at radius 2 is 2.39 bits per heavy atom. The summed E-state index contributed by atoms with van der Waals surface area (Å²) in [5, 5.41) is 7.24. The lowest BCUT2D eigenvalue weighted by Gasteiger charge is -2.26. The van der Waals surface area contributed by atoms with Crippen LogP contribution >= 0.6 is 0 Å². The van der Waals surface area contributed by atoms with E-state index in [9.17, 15) is 0 Å². The quantitative estimate of drug-likeness (QED) is 0.845. The Morgan fingerprint density at radius 3 is 3.17 bits per heavy atom. The molecule has 0 aliphatic heterocycles. The number of aromatic nitrogens is 1. The first-order chi connectivity index (χ1) is 8.78. The van der Waals surface area contributed by atoms with Crippen LogP contribution < -0.4 is 5.32 Å². The van der Waals surface area contributed by atoms with Crippen molar-refractivity contribution in [2.75, 3.05) is 6.54 Å². The third-order valence-corrected chi connectivity index (χ3v) is 3.51. The lowest BCUT2D eigenvalue weighted by molar-refractivity contribution is -0.00448. The van der Waals surface area contributed by atoms with E-state index in [0.717, 1.165) is 30.5 Å². The molecule has 0 amide bonds. The van der Waals surface area contributed by atoms with Crippen molar-refractivity contribution in [3.05, 3.63) is 17.5 Å². The smallest absolute Gasteiger partial charge is 0.162 e. The number of nitrogens with one attached hydrogen (secondary N) is 1. The van der Waals surface area contributed by atoms with E-state index in [1.54, 1.807) is 0 Å². The molecule has 1 heterocycles. The van der Waals surface area contributed by atoms with Crippen LogP contribution in [0.5, 0.6) is 0 Å². The van der Waals surface area contributed by atoms with Gasteiger partial charge in [-0.25, -0.2) is 0 Å². The van der Waals surface area contributed by atoms with Gasteiger partial charge < -0.3 is 14.6 Å². The number of nitrogens with zero attached hydrogens (tertiary/aromatic N) is 1. The topological polar surface area (TPSA) is 47.3 Å². The van der Waals surface area contributed by atoms with Crippen LogP contribution in [-0.4, -0.2) is 17.8 Å². The molecule has 2 atom stereocenters. The lowest BCUT2D eigenvalue weighted by Crippen LogP contribution is -2.21. The first-order valence-electron chi connectivity index (χ1n) is 7.04. The van der Waals surface area contributed by atoms with Gasteiger partial charge in [-0.15, -0.1) is 0 Å². The minimum Gasteiger partial charge on any atom is -0.370 e. The Labute approximate surface area is 109 Å². The van der Waals surface area contributed by atoms with Crippen LogP contribution in [0.15, 0.2) is 10.6 Å². The van der Waals surface area contributed by atoms with E-state index < -0.39 is 0 Å². The average molecular weight is 252 g/mol. The normalized spacial score (nSPS) is 24.3. The molecule has 0 aromatic carbocycles. The molecule has 102 valence electrons. The van der Waals surface area contributed by atoms with Gasteiger partial charge in [-0.05, 0) is 25.3 Å². The summed E-state index contributed by atoms with van der Waals surface area (Å²) < 4.78 is 11.2. The summed E-state index contributed by atoms with van der Waals surface area (Å²) in [5.74, 6) is 1.63. The molecule has 2 rings (SSSR count). The molecular formula is C14H24N2O2. The molecule has 18 heavy (non-hydrogen) atoms. The number of hydrogen-bond acceptors (Lipinski definition) is 4. The van der Waals surface area contributed by atoms with E-state index in [1.165, 1.54) is 25.7 Å². The molecule has 0 bridgehead atoms. The van der Waals surface area contributed by atoms with Crippen LogP contribution in [0.4, 0.5) is 0 Å². The van der Waals surface area contributed by atoms with Crippen molar-refractivity contribution in [1.82, 2.24) is 10.5 Å². The maximum Gasteiger partial charge on any atom is 0.162 e. The van der Waals surface area contributed by atoms with Crippen LogP contribution in [-0.2, 0) is 17.9 Å². The molecule has 1 aliphatic carbocycles. The minimum absolute atomic E-state index is 0.399. The fourth-order valence-electron chi connectivity index (χ4n) is 2.49. The number of ether oxygens (including phenoxy) is 1. The standard InChI is InChI=1S/C14H24N2O2/c1-3-15-9-12-8-14(18-16-12)10-17-13-6-4-5-11(2)7-13/h8,11,13,15H,3-7,9-10H2,1-2H3. The van der Waals surface area contributed by atoms with Crippen molar-refractivity contribution in [3.8, 4) is 0 Å². The average Bonchev–Trinajstić information content (AvgIpc) is 2.82. The third-order valence-electron chi connectivity index (χ3n) is 3.51. The maximum atomic E-state index is 5.90. The first kappa shape index (κ1) is 13.6. The molecule has 1 aliphatic rings. The molecule has 1 aromatic rings. The molecule has 2 unspecified atom stereocenters. The lowest BCUT2D eigenvalue weighted by atomic mass is 9.89. The predicted molar refractivity (Wildman–Crippen MR) is 70.1 cm³/mol. The van der Waals surface area contributed by atoms with Gasteiger partial charge in [0.05, 0.1) is 11.8 Å². The van der Waals surface area contributed by atoms with Gasteiger partial charge in [0, 0.05) is 12.6 Å². The summed E-state index contributed by atoms with van der Waals surface area (Å²) >= 11 is 0. The Kier molecular flexibility index (Phi) is 5.20. The summed E-state index contributed by atoms with van der Waals surface area (Å²) in [5.41, 5.74) is 0.951. The van der Waals surface area contributed by atoms with E-state index >= 15 is 0 Å². The second-order valence-corrected chi connectivity index (χ2v) is 5.27. The molecule has 1 saturated carbocycles. The molecule has 1 N–H and O–H groups in total. The Morgan fingerprint density at radius 1 is 1.50 bits per heavy atom. The van der Waals surface area contributed by atoms with Crippen molar-refractivity contribution in [2.45, 2.75) is 58.8 Å². The van der Waals surface area contributed by atoms with Crippen molar-refractivity contribution in [1.29, 1.82) is 0 Å². The van der Waals surface area contributed by atoms with Crippen LogP contribution in [0.3, 0.4) is 0 Å². The molecule has 1 fully saturated rings. The summed E-state index contributed by atoms with van der Waals surface area (Å²) in [6.45, 7) is 6.64. The van der Waals surface area contributed by atoms with Gasteiger partial charge in [0.25, 0.3) is 0 Å². The van der Waals surface area contributed by atoms with Gasteiger partial charge in [-0.1, -0.05) is 31.8 Å². The molecule has 0 saturated heterocycles. The van der Waals surface area contributed by atoms with Gasteiger partial charge >= 0.3 is 0 Å². The van der Waals surface area contributed by atoms with E-state index in [1.807, 2.05) is 6.07 Å². The highest BCUT2D eigenvalue weighted by molar-refractivity contribution is 5.04. The Hall–Kier alpha value is -0.870. The summed E-state index contributed by atoms with van der Waals surface area (Å²) in [4.78, 5) is 0. The monoisotopic (exact) mass is 252 g/mol. The third kappa shape index (κ3) is 4.10. The van der Waals surface area contributed by atoms with Crippen molar-refractivity contribution in [2.24, 2.45) is 5.92 Å². The Balaban J connectivity index is 1.74. The molecule has 4 nitrogen and oxygen atoms in total. The first-order valence-corrected chi connectivity index (χ1v) is 7.04. The highest BCUT2D eigenvalue weighted by atomic mass is 16.5. The number of rotatable bonds is 6. The fraction of sp³-hybridized carbons (Fsp3) is 0.786. The maximum absolute atomic E-state index is 5.90. The van der Waals surface area contributed by atoms with Gasteiger partial charge in [-0.2, -0.15) is 0 Å². The van der Waals surface area contributed by atoms with E-state index in [0.29, 0.717) is 12.7 Å². The van der Waals surface area contributed by atoms with Crippen molar-refractivity contribution >= 4 is 0 Å². The zero-order valence-electron chi connectivity index (χ0n) is 11.4. The fourth-order valence-corrected chi connectivity index (χ4v) is 2.49. The minimum atomic E-state index is 0.399. The SMILES string of the molecule is CCNCc1cc(COC2CCCC(C)C2)on1. The zero-order chi connectivity index (χ0) is 12.8. The summed E-state index contributed by atoms with van der Waals surface area (Å²) in [7, 11) is 0. The highest BCUT2D eigenvalue weighted by Crippen LogP contribution is 2.26. The number of hydrogen-bond donors (Lipinski definition) is 1. The molecule has 1 aromatic heterocycles. The second kappa shape index (κ2) is 6.90. The summed E-state index contributed by atoms with van der Waals surface area (Å²) in [6.07, 6.45) is 5.39. The van der Waals surface area contributed by atoms with Crippen LogP contribution in [0.1, 0.15) is 51.0 Å². The molecule has 4 heteroatoms. The van der Waals surface area contributed by atoms with E-state index in [2.05, 4.69) is 24.3 Å². The van der Waals surface area contributed by atoms with Crippen molar-refractivity contribution in [3.63, 3.8) is 0 Å². The van der Waals surface area contributed by atoms with Gasteiger partial charge in [0.15, 0.2) is 5.76 Å². The van der Waals surface area contributed by atoms with Gasteiger partial charge in [-0.3, -0.25) is 0 Å². The molecular weight excluding hydrogens is 228 g/mol. The van der Waals surface area contributed by atoms with Crippen LogP contribution in [0.25, 0.3) is 0 Å². The second-order valence-electron chi connectivity index (χ2n) is 5.27. The zero-order valence-corrected chi connectivity index (χ0v) is 11.4. The van der Waals surface area contributed by atoms with Crippen LogP contribution in [0, 0.1) is 5.92 Å². The molecule has 0 spiro atoms. The van der Waals surface area contributed by atoms with Gasteiger partial charge in [0.2, 0.25) is 0 Å². The Bertz CT molecular complexity index is 351. The molecule has 0 radical (unpaired) electrons.